The third-order valence-corrected chi connectivity index (χ3v) is 4.55. The first-order valence-electron chi connectivity index (χ1n) is 7.17. The van der Waals surface area contributed by atoms with Gasteiger partial charge in [0.2, 0.25) is 5.91 Å². The highest BCUT2D eigenvalue weighted by Gasteiger charge is 2.55. The third kappa shape index (κ3) is 2.55. The second kappa shape index (κ2) is 5.26. The van der Waals surface area contributed by atoms with Gasteiger partial charge in [-0.25, -0.2) is 9.78 Å². The van der Waals surface area contributed by atoms with E-state index in [0.717, 1.165) is 12.8 Å². The van der Waals surface area contributed by atoms with Gasteiger partial charge in [-0.2, -0.15) is 0 Å². The van der Waals surface area contributed by atoms with Crippen LogP contribution in [0.5, 0.6) is 0 Å². The molecule has 1 heterocycles. The number of hydrogen-bond acceptors (Lipinski definition) is 3. The average molecular weight is 277 g/mol. The Bertz CT molecular complexity index is 488. The van der Waals surface area contributed by atoms with Crippen LogP contribution < -0.4 is 5.32 Å². The van der Waals surface area contributed by atoms with Gasteiger partial charge in [0.25, 0.3) is 0 Å². The molecule has 2 saturated carbocycles. The first-order valence-corrected chi connectivity index (χ1v) is 7.17. The fourth-order valence-electron chi connectivity index (χ4n) is 3.47. The van der Waals surface area contributed by atoms with Crippen molar-refractivity contribution < 1.29 is 14.7 Å². The molecule has 6 heteroatoms. The zero-order valence-corrected chi connectivity index (χ0v) is 11.2. The van der Waals surface area contributed by atoms with E-state index in [1.807, 2.05) is 0 Å². The van der Waals surface area contributed by atoms with Crippen LogP contribution in [0.4, 0.5) is 0 Å². The number of aliphatic carboxylic acids is 1. The number of aromatic amines is 1. The number of aromatic nitrogens is 2. The van der Waals surface area contributed by atoms with Gasteiger partial charge in [0.15, 0.2) is 0 Å². The Morgan fingerprint density at radius 3 is 2.65 bits per heavy atom. The van der Waals surface area contributed by atoms with E-state index in [4.69, 9.17) is 0 Å². The van der Waals surface area contributed by atoms with E-state index in [2.05, 4.69) is 15.3 Å². The average Bonchev–Trinajstić information content (AvgIpc) is 2.94. The molecule has 0 aromatic carbocycles. The van der Waals surface area contributed by atoms with Crippen molar-refractivity contribution in [3.05, 3.63) is 18.2 Å². The molecule has 0 spiro atoms. The quantitative estimate of drug-likeness (QED) is 0.747. The number of carboxylic acid groups (broad SMARTS) is 1. The predicted octanol–water partition coefficient (Wildman–Crippen LogP) is 0.958. The van der Waals surface area contributed by atoms with Gasteiger partial charge in [0.1, 0.15) is 6.04 Å². The van der Waals surface area contributed by atoms with Gasteiger partial charge in [-0.1, -0.05) is 12.8 Å². The molecule has 108 valence electrons. The smallest absolute Gasteiger partial charge is 0.326 e. The number of imidazole rings is 1. The summed E-state index contributed by atoms with van der Waals surface area (Å²) >= 11 is 0. The highest BCUT2D eigenvalue weighted by atomic mass is 16.4. The van der Waals surface area contributed by atoms with Gasteiger partial charge >= 0.3 is 5.97 Å². The Morgan fingerprint density at radius 1 is 1.40 bits per heavy atom. The molecule has 3 N–H and O–H groups in total. The molecule has 3 unspecified atom stereocenters. The first kappa shape index (κ1) is 13.1. The number of nitrogens with one attached hydrogen (secondary N) is 2. The number of carbonyl (C=O) groups excluding carboxylic acids is 1. The van der Waals surface area contributed by atoms with Gasteiger partial charge in [-0.3, -0.25) is 4.79 Å². The monoisotopic (exact) mass is 277 g/mol. The van der Waals surface area contributed by atoms with E-state index < -0.39 is 12.0 Å². The lowest BCUT2D eigenvalue weighted by Gasteiger charge is -2.13. The van der Waals surface area contributed by atoms with E-state index >= 15 is 0 Å². The van der Waals surface area contributed by atoms with Crippen LogP contribution in [0.1, 0.15) is 31.4 Å². The molecule has 3 atom stereocenters. The maximum absolute atomic E-state index is 12.2. The van der Waals surface area contributed by atoms with Gasteiger partial charge < -0.3 is 15.4 Å². The number of fused-ring (bicyclic) bond motifs is 1. The lowest BCUT2D eigenvalue weighted by Crippen LogP contribution is -2.43. The van der Waals surface area contributed by atoms with Crippen molar-refractivity contribution in [3.8, 4) is 0 Å². The Kier molecular flexibility index (Phi) is 3.46. The molecule has 0 bridgehead atoms. The highest BCUT2D eigenvalue weighted by Crippen LogP contribution is 2.55. The summed E-state index contributed by atoms with van der Waals surface area (Å²) in [6.07, 6.45) is 7.94. The van der Waals surface area contributed by atoms with Gasteiger partial charge in [-0.05, 0) is 24.7 Å². The Balaban J connectivity index is 1.59. The summed E-state index contributed by atoms with van der Waals surface area (Å²) in [5.41, 5.74) is 0.714. The summed E-state index contributed by atoms with van der Waals surface area (Å²) < 4.78 is 0. The Hall–Kier alpha value is -1.85. The van der Waals surface area contributed by atoms with Gasteiger partial charge in [-0.15, -0.1) is 0 Å². The Labute approximate surface area is 117 Å². The molecule has 2 fully saturated rings. The molecule has 3 rings (SSSR count). The van der Waals surface area contributed by atoms with Crippen molar-refractivity contribution in [2.75, 3.05) is 0 Å². The minimum atomic E-state index is -1.00. The molecular weight excluding hydrogens is 258 g/mol. The molecule has 6 nitrogen and oxygen atoms in total. The van der Waals surface area contributed by atoms with Crippen molar-refractivity contribution in [3.63, 3.8) is 0 Å². The lowest BCUT2D eigenvalue weighted by atomic mass is 10.0. The summed E-state index contributed by atoms with van der Waals surface area (Å²) in [6, 6.07) is -0.884. The zero-order valence-electron chi connectivity index (χ0n) is 11.2. The largest absolute Gasteiger partial charge is 0.480 e. The van der Waals surface area contributed by atoms with Crippen molar-refractivity contribution in [1.29, 1.82) is 0 Å². The van der Waals surface area contributed by atoms with Crippen LogP contribution in [-0.2, 0) is 16.0 Å². The molecule has 1 aromatic heterocycles. The standard InChI is InChI=1S/C14H19N3O3/c18-13(12-9-3-1-2-4-10(9)12)17-11(14(19)20)5-8-6-15-7-16-8/h6-7,9-12H,1-5H2,(H,15,16)(H,17,18)(H,19,20). The minimum Gasteiger partial charge on any atom is -0.480 e. The summed E-state index contributed by atoms with van der Waals surface area (Å²) in [4.78, 5) is 30.2. The van der Waals surface area contributed by atoms with Crippen LogP contribution in [0, 0.1) is 17.8 Å². The van der Waals surface area contributed by atoms with E-state index in [-0.39, 0.29) is 18.2 Å². The second-order valence-electron chi connectivity index (χ2n) is 5.82. The summed E-state index contributed by atoms with van der Waals surface area (Å²) in [7, 11) is 0. The van der Waals surface area contributed by atoms with Crippen molar-refractivity contribution in [2.24, 2.45) is 17.8 Å². The molecule has 20 heavy (non-hydrogen) atoms. The zero-order chi connectivity index (χ0) is 14.1. The van der Waals surface area contributed by atoms with E-state index in [1.165, 1.54) is 19.2 Å². The van der Waals surface area contributed by atoms with E-state index in [0.29, 0.717) is 17.5 Å². The third-order valence-electron chi connectivity index (χ3n) is 4.55. The van der Waals surface area contributed by atoms with Crippen LogP contribution in [0.15, 0.2) is 12.5 Å². The number of amides is 1. The minimum absolute atomic E-state index is 0.0427. The number of nitrogens with zero attached hydrogens (tertiary/aromatic N) is 1. The summed E-state index contributed by atoms with van der Waals surface area (Å²) in [5, 5.41) is 11.9. The van der Waals surface area contributed by atoms with Crippen LogP contribution in [0.25, 0.3) is 0 Å². The number of H-pyrrole nitrogens is 1. The first-order chi connectivity index (χ1) is 9.66. The molecular formula is C14H19N3O3. The van der Waals surface area contributed by atoms with E-state index in [1.54, 1.807) is 6.20 Å². The maximum atomic E-state index is 12.2. The molecule has 2 aliphatic carbocycles. The normalized spacial score (nSPS) is 29.3. The summed E-state index contributed by atoms with van der Waals surface area (Å²) in [5.74, 6) is -0.0674. The molecule has 2 aliphatic rings. The number of carboxylic acids is 1. The SMILES string of the molecule is O=C(O)C(Cc1cnc[nH]1)NC(=O)C1C2CCCCC21. The van der Waals surface area contributed by atoms with Gasteiger partial charge in [0.05, 0.1) is 6.33 Å². The predicted molar refractivity (Wildman–Crippen MR) is 70.8 cm³/mol. The topological polar surface area (TPSA) is 95.1 Å². The van der Waals surface area contributed by atoms with Crippen molar-refractivity contribution >= 4 is 11.9 Å². The van der Waals surface area contributed by atoms with Crippen molar-refractivity contribution in [1.82, 2.24) is 15.3 Å². The number of rotatable bonds is 5. The van der Waals surface area contributed by atoms with Crippen LogP contribution in [0.2, 0.25) is 0 Å². The second-order valence-corrected chi connectivity index (χ2v) is 5.82. The summed E-state index contributed by atoms with van der Waals surface area (Å²) in [6.45, 7) is 0. The number of hydrogen-bond donors (Lipinski definition) is 3. The van der Waals surface area contributed by atoms with E-state index in [9.17, 15) is 14.7 Å². The van der Waals surface area contributed by atoms with Crippen molar-refractivity contribution in [2.45, 2.75) is 38.1 Å². The molecule has 1 aromatic rings. The van der Waals surface area contributed by atoms with Crippen LogP contribution in [-0.4, -0.2) is 33.0 Å². The molecule has 0 radical (unpaired) electrons. The maximum Gasteiger partial charge on any atom is 0.326 e. The van der Waals surface area contributed by atoms with Crippen LogP contribution in [0.3, 0.4) is 0 Å². The highest BCUT2D eigenvalue weighted by molar-refractivity contribution is 5.87. The number of carbonyl (C=O) groups is 2. The molecule has 1 amide bonds. The van der Waals surface area contributed by atoms with Crippen LogP contribution >= 0.6 is 0 Å². The molecule has 0 saturated heterocycles. The molecule has 0 aliphatic heterocycles. The Morgan fingerprint density at radius 2 is 2.10 bits per heavy atom. The fraction of sp³-hybridized carbons (Fsp3) is 0.643. The lowest BCUT2D eigenvalue weighted by molar-refractivity contribution is -0.142. The fourth-order valence-corrected chi connectivity index (χ4v) is 3.47. The van der Waals surface area contributed by atoms with Gasteiger partial charge in [0, 0.05) is 24.2 Å².